The number of halogens is 14. The molecule has 0 heterocycles. The van der Waals surface area contributed by atoms with E-state index < -0.39 is 65.2 Å². The van der Waals surface area contributed by atoms with Gasteiger partial charge in [-0.15, -0.1) is 0 Å². The zero-order valence-corrected chi connectivity index (χ0v) is 13.9. The fraction of sp³-hybridized carbons (Fsp3) is 0.600. The molecule has 0 fully saturated rings. The van der Waals surface area contributed by atoms with Gasteiger partial charge in [-0.05, 0) is 18.1 Å². The fourth-order valence-electron chi connectivity index (χ4n) is 2.26. The van der Waals surface area contributed by atoms with Gasteiger partial charge in [0.15, 0.2) is 0 Å². The summed E-state index contributed by atoms with van der Waals surface area (Å²) in [5.41, 5.74) is -6.00. The molecule has 0 aliphatic carbocycles. The van der Waals surface area contributed by atoms with Gasteiger partial charge in [0.2, 0.25) is 0 Å². The molecule has 0 spiro atoms. The first-order valence-electron chi connectivity index (χ1n) is 7.44. The minimum atomic E-state index is -6.88. The highest BCUT2D eigenvalue weighted by Gasteiger charge is 2.75. The Morgan fingerprint density at radius 3 is 1.41 bits per heavy atom. The molecule has 0 amide bonds. The van der Waals surface area contributed by atoms with Crippen LogP contribution in [0.2, 0.25) is 0 Å². The molecule has 0 nitrogen and oxygen atoms in total. The van der Waals surface area contributed by atoms with Crippen molar-refractivity contribution in [1.29, 1.82) is 0 Å². The van der Waals surface area contributed by atoms with Crippen LogP contribution in [0.15, 0.2) is 18.2 Å². The predicted molar refractivity (Wildman–Crippen MR) is 70.2 cm³/mol. The second-order valence-electron chi connectivity index (χ2n) is 5.92. The van der Waals surface area contributed by atoms with Gasteiger partial charge in [-0.3, -0.25) is 0 Å². The van der Waals surface area contributed by atoms with Crippen LogP contribution < -0.4 is 0 Å². The highest BCUT2D eigenvalue weighted by molar-refractivity contribution is 5.39. The molecule has 0 N–H and O–H groups in total. The molecule has 0 aromatic heterocycles. The molecule has 1 aromatic rings. The van der Waals surface area contributed by atoms with Crippen molar-refractivity contribution in [2.24, 2.45) is 0 Å². The molecule has 0 radical (unpaired) electrons. The van der Waals surface area contributed by atoms with Gasteiger partial charge >= 0.3 is 36.0 Å². The lowest BCUT2D eigenvalue weighted by molar-refractivity contribution is -0.361. The van der Waals surface area contributed by atoms with Crippen molar-refractivity contribution < 1.29 is 61.5 Å². The molecule has 29 heavy (non-hydrogen) atoms. The van der Waals surface area contributed by atoms with Crippen LogP contribution in [0.3, 0.4) is 0 Å². The molecule has 0 aliphatic rings. The van der Waals surface area contributed by atoms with Crippen LogP contribution in [0.25, 0.3) is 0 Å². The topological polar surface area (TPSA) is 0 Å². The average Bonchev–Trinajstić information content (AvgIpc) is 2.52. The SMILES string of the molecule is CCCc1ccc(C(F)(F)C(F)(F)C(F)(F)F)cc1C(F)(F)C(F)(F)C(F)(F)F. The molecule has 168 valence electrons. The maximum absolute atomic E-state index is 14.0. The number of rotatable bonds is 6. The van der Waals surface area contributed by atoms with E-state index in [4.69, 9.17) is 0 Å². The number of hydrogen-bond acceptors (Lipinski definition) is 0. The van der Waals surface area contributed by atoms with E-state index in [0.717, 1.165) is 0 Å². The minimum Gasteiger partial charge on any atom is -0.194 e. The predicted octanol–water partition coefficient (Wildman–Crippen LogP) is 7.22. The zero-order chi connectivity index (χ0) is 23.3. The zero-order valence-electron chi connectivity index (χ0n) is 13.9. The van der Waals surface area contributed by atoms with Crippen LogP contribution in [0.4, 0.5) is 61.5 Å². The first-order chi connectivity index (χ1) is 12.7. The first kappa shape index (κ1) is 25.3. The van der Waals surface area contributed by atoms with E-state index in [-0.39, 0.29) is 18.6 Å². The van der Waals surface area contributed by atoms with Gasteiger partial charge in [0.1, 0.15) is 0 Å². The van der Waals surface area contributed by atoms with Crippen molar-refractivity contribution in [3.8, 4) is 0 Å². The molecule has 1 rings (SSSR count). The van der Waals surface area contributed by atoms with E-state index in [2.05, 4.69) is 0 Å². The Kier molecular flexibility index (Phi) is 6.26. The van der Waals surface area contributed by atoms with Crippen molar-refractivity contribution >= 4 is 0 Å². The molecule has 0 atom stereocenters. The Balaban J connectivity index is 3.78. The summed E-state index contributed by atoms with van der Waals surface area (Å²) in [6, 6.07) is -0.977. The molecule has 0 saturated heterocycles. The van der Waals surface area contributed by atoms with Gasteiger partial charge in [0.25, 0.3) is 0 Å². The number of alkyl halides is 14. The molecule has 0 unspecified atom stereocenters. The lowest BCUT2D eigenvalue weighted by atomic mass is 9.89. The molecule has 1 aromatic carbocycles. The van der Waals surface area contributed by atoms with E-state index in [0.29, 0.717) is 0 Å². The summed E-state index contributed by atoms with van der Waals surface area (Å²) in [6.45, 7) is 1.23. The number of aryl methyl sites for hydroxylation is 1. The van der Waals surface area contributed by atoms with Gasteiger partial charge in [-0.25, -0.2) is 0 Å². The summed E-state index contributed by atoms with van der Waals surface area (Å²) in [5, 5.41) is 0. The molecular weight excluding hydrogens is 446 g/mol. The summed E-state index contributed by atoms with van der Waals surface area (Å²) in [4.78, 5) is 0. The third kappa shape index (κ3) is 3.98. The Labute approximate surface area is 153 Å². The van der Waals surface area contributed by atoms with E-state index >= 15 is 0 Å². The van der Waals surface area contributed by atoms with Gasteiger partial charge < -0.3 is 0 Å². The fourth-order valence-corrected chi connectivity index (χ4v) is 2.26. The lowest BCUT2D eigenvalue weighted by Crippen LogP contribution is -2.51. The average molecular weight is 456 g/mol. The van der Waals surface area contributed by atoms with Gasteiger partial charge in [-0.2, -0.15) is 61.5 Å². The van der Waals surface area contributed by atoms with E-state index in [1.807, 2.05) is 0 Å². The smallest absolute Gasteiger partial charge is 0.194 e. The molecular formula is C15H10F14. The van der Waals surface area contributed by atoms with Gasteiger partial charge in [0, 0.05) is 11.1 Å². The first-order valence-corrected chi connectivity index (χ1v) is 7.44. The summed E-state index contributed by atoms with van der Waals surface area (Å²) in [5.74, 6) is -26.1. The van der Waals surface area contributed by atoms with Crippen LogP contribution in [0.5, 0.6) is 0 Å². The van der Waals surface area contributed by atoms with Crippen molar-refractivity contribution in [3.63, 3.8) is 0 Å². The van der Waals surface area contributed by atoms with Crippen LogP contribution in [0.1, 0.15) is 30.0 Å². The molecule has 0 saturated carbocycles. The normalized spacial score (nSPS) is 15.0. The summed E-state index contributed by atoms with van der Waals surface area (Å²) >= 11 is 0. The Hall–Kier alpha value is -1.76. The molecule has 0 bridgehead atoms. The summed E-state index contributed by atoms with van der Waals surface area (Å²) < 4.78 is 182. The van der Waals surface area contributed by atoms with Gasteiger partial charge in [-0.1, -0.05) is 25.5 Å². The number of hydrogen-bond donors (Lipinski definition) is 0. The van der Waals surface area contributed by atoms with Crippen molar-refractivity contribution in [2.45, 2.75) is 55.8 Å². The van der Waals surface area contributed by atoms with Gasteiger partial charge in [0.05, 0.1) is 0 Å². The highest BCUT2D eigenvalue weighted by atomic mass is 19.4. The molecule has 14 heteroatoms. The van der Waals surface area contributed by atoms with E-state index in [1.54, 1.807) is 0 Å². The Morgan fingerprint density at radius 2 is 1.03 bits per heavy atom. The lowest BCUT2D eigenvalue weighted by Gasteiger charge is -2.32. The van der Waals surface area contributed by atoms with E-state index in [1.165, 1.54) is 6.92 Å². The Morgan fingerprint density at radius 1 is 0.621 bits per heavy atom. The largest absolute Gasteiger partial charge is 0.460 e. The standard InChI is InChI=1S/C15H10F14/c1-2-3-7-4-5-8(10(16,17)12(20,21)14(24,25)26)6-9(7)11(18,19)13(22,23)15(27,28)29/h4-6H,2-3H2,1H3. The third-order valence-electron chi connectivity index (χ3n) is 3.83. The van der Waals surface area contributed by atoms with Crippen LogP contribution >= 0.6 is 0 Å². The summed E-state index contributed by atoms with van der Waals surface area (Å²) in [7, 11) is 0. The van der Waals surface area contributed by atoms with E-state index in [9.17, 15) is 61.5 Å². The maximum atomic E-state index is 14.0. The molecule has 0 aliphatic heterocycles. The van der Waals surface area contributed by atoms with Crippen LogP contribution in [-0.4, -0.2) is 24.2 Å². The minimum absolute atomic E-state index is 0.0783. The maximum Gasteiger partial charge on any atom is 0.460 e. The Bertz CT molecular complexity index is 726. The highest BCUT2D eigenvalue weighted by Crippen LogP contribution is 2.55. The second kappa shape index (κ2) is 7.18. The second-order valence-corrected chi connectivity index (χ2v) is 5.92. The van der Waals surface area contributed by atoms with Crippen LogP contribution in [-0.2, 0) is 18.3 Å². The summed E-state index contributed by atoms with van der Waals surface area (Å²) in [6.07, 6.45) is -14.6. The van der Waals surface area contributed by atoms with Crippen molar-refractivity contribution in [2.75, 3.05) is 0 Å². The van der Waals surface area contributed by atoms with Crippen molar-refractivity contribution in [3.05, 3.63) is 34.9 Å². The number of benzene rings is 1. The third-order valence-corrected chi connectivity index (χ3v) is 3.83. The van der Waals surface area contributed by atoms with Crippen LogP contribution in [0, 0.1) is 0 Å². The monoisotopic (exact) mass is 456 g/mol. The quantitative estimate of drug-likeness (QED) is 0.397. The van der Waals surface area contributed by atoms with Crippen molar-refractivity contribution in [1.82, 2.24) is 0 Å².